The number of aromatic nitrogens is 3. The van der Waals surface area contributed by atoms with Crippen molar-refractivity contribution in [3.8, 4) is 23.0 Å². The predicted molar refractivity (Wildman–Crippen MR) is 95.8 cm³/mol. The summed E-state index contributed by atoms with van der Waals surface area (Å²) in [6.07, 6.45) is 6.34. The second-order valence-corrected chi connectivity index (χ2v) is 6.95. The Morgan fingerprint density at radius 3 is 2.54 bits per heavy atom. The van der Waals surface area contributed by atoms with E-state index < -0.39 is 0 Å². The molecule has 2 aliphatic heterocycles. The van der Waals surface area contributed by atoms with E-state index in [0.29, 0.717) is 11.7 Å². The molecule has 0 spiro atoms. The third-order valence-electron chi connectivity index (χ3n) is 5.43. The highest BCUT2D eigenvalue weighted by atomic mass is 16.5. The van der Waals surface area contributed by atoms with Crippen molar-refractivity contribution in [3.05, 3.63) is 54.6 Å². The van der Waals surface area contributed by atoms with E-state index in [0.717, 1.165) is 43.1 Å². The Balaban J connectivity index is 1.37. The Labute approximate surface area is 151 Å². The smallest absolute Gasteiger partial charge is 0.247 e. The summed E-state index contributed by atoms with van der Waals surface area (Å²) in [6.45, 7) is 2.26. The maximum atomic E-state index is 5.73. The second kappa shape index (κ2) is 6.21. The largest absolute Gasteiger partial charge is 0.439 e. The molecule has 6 heteroatoms. The predicted octanol–water partition coefficient (Wildman–Crippen LogP) is 4.01. The fourth-order valence-electron chi connectivity index (χ4n) is 4.17. The van der Waals surface area contributed by atoms with Crippen LogP contribution in [-0.2, 0) is 5.54 Å². The maximum Gasteiger partial charge on any atom is 0.247 e. The zero-order chi connectivity index (χ0) is 17.4. The molecule has 3 aromatic rings. The standard InChI is InChI=1S/C20H20N4O2/c1-2-6-16(7-3-1)25-17-9-8-15(14-21-17)18-22-19(26-23-18)20-10-4-12-24(20)13-5-11-20/h1-3,6-9,14H,4-5,10-13H2. The molecule has 2 saturated heterocycles. The summed E-state index contributed by atoms with van der Waals surface area (Å²) in [5, 5.41) is 4.21. The number of nitrogens with zero attached hydrogens (tertiary/aromatic N) is 4. The van der Waals surface area contributed by atoms with E-state index in [9.17, 15) is 0 Å². The SMILES string of the molecule is c1ccc(Oc2ccc(-c3noc(C45CCCN4CCC5)n3)cn2)cc1. The number of ether oxygens (including phenoxy) is 1. The van der Waals surface area contributed by atoms with Crippen LogP contribution in [0.25, 0.3) is 11.4 Å². The first-order chi connectivity index (χ1) is 12.8. The first-order valence-electron chi connectivity index (χ1n) is 9.12. The van der Waals surface area contributed by atoms with Gasteiger partial charge in [0.15, 0.2) is 0 Å². The van der Waals surface area contributed by atoms with Gasteiger partial charge in [-0.15, -0.1) is 0 Å². The molecular formula is C20H20N4O2. The highest BCUT2D eigenvalue weighted by Crippen LogP contribution is 2.46. The molecule has 0 radical (unpaired) electrons. The number of para-hydroxylation sites is 1. The molecule has 0 atom stereocenters. The Hall–Kier alpha value is -2.73. The molecule has 26 heavy (non-hydrogen) atoms. The first kappa shape index (κ1) is 15.5. The van der Waals surface area contributed by atoms with Crippen molar-refractivity contribution in [3.63, 3.8) is 0 Å². The van der Waals surface area contributed by atoms with Crippen LogP contribution < -0.4 is 4.74 Å². The molecular weight excluding hydrogens is 328 g/mol. The third kappa shape index (κ3) is 2.57. The lowest BCUT2D eigenvalue weighted by Gasteiger charge is -2.27. The molecule has 5 rings (SSSR count). The zero-order valence-electron chi connectivity index (χ0n) is 14.5. The number of pyridine rings is 1. The van der Waals surface area contributed by atoms with Gasteiger partial charge >= 0.3 is 0 Å². The van der Waals surface area contributed by atoms with Gasteiger partial charge in [0.25, 0.3) is 0 Å². The Morgan fingerprint density at radius 1 is 1.00 bits per heavy atom. The molecule has 0 N–H and O–H groups in total. The van der Waals surface area contributed by atoms with Crippen molar-refractivity contribution in [1.29, 1.82) is 0 Å². The van der Waals surface area contributed by atoms with Crippen molar-refractivity contribution < 1.29 is 9.26 Å². The van der Waals surface area contributed by atoms with Crippen LogP contribution in [0.5, 0.6) is 11.6 Å². The summed E-state index contributed by atoms with van der Waals surface area (Å²) in [6, 6.07) is 13.3. The summed E-state index contributed by atoms with van der Waals surface area (Å²) >= 11 is 0. The third-order valence-corrected chi connectivity index (χ3v) is 5.43. The fourth-order valence-corrected chi connectivity index (χ4v) is 4.17. The highest BCUT2D eigenvalue weighted by molar-refractivity contribution is 5.53. The minimum Gasteiger partial charge on any atom is -0.439 e. The van der Waals surface area contributed by atoms with E-state index in [-0.39, 0.29) is 5.54 Å². The topological polar surface area (TPSA) is 64.3 Å². The van der Waals surface area contributed by atoms with Gasteiger partial charge in [-0.2, -0.15) is 4.98 Å². The van der Waals surface area contributed by atoms with E-state index in [2.05, 4.69) is 15.0 Å². The normalized spacial score (nSPS) is 18.8. The molecule has 6 nitrogen and oxygen atoms in total. The van der Waals surface area contributed by atoms with Crippen molar-refractivity contribution in [2.45, 2.75) is 31.2 Å². The minimum absolute atomic E-state index is 0.0327. The number of benzene rings is 1. The van der Waals surface area contributed by atoms with E-state index in [1.165, 1.54) is 12.8 Å². The average molecular weight is 348 g/mol. The van der Waals surface area contributed by atoms with Crippen LogP contribution >= 0.6 is 0 Å². The molecule has 2 aliphatic rings. The van der Waals surface area contributed by atoms with Gasteiger partial charge in [0, 0.05) is 17.8 Å². The summed E-state index contributed by atoms with van der Waals surface area (Å²) in [5.74, 6) is 2.65. The van der Waals surface area contributed by atoms with Crippen molar-refractivity contribution in [1.82, 2.24) is 20.0 Å². The summed E-state index contributed by atoms with van der Waals surface area (Å²) in [7, 11) is 0. The Kier molecular flexibility index (Phi) is 3.71. The van der Waals surface area contributed by atoms with Gasteiger partial charge in [0.05, 0.1) is 0 Å². The number of hydrogen-bond acceptors (Lipinski definition) is 6. The molecule has 0 bridgehead atoms. The van der Waals surface area contributed by atoms with Crippen LogP contribution in [0.1, 0.15) is 31.6 Å². The Bertz CT molecular complexity index is 882. The van der Waals surface area contributed by atoms with Crippen LogP contribution in [-0.4, -0.2) is 33.1 Å². The maximum absolute atomic E-state index is 5.73. The quantitative estimate of drug-likeness (QED) is 0.710. The van der Waals surface area contributed by atoms with Gasteiger partial charge in [0.1, 0.15) is 11.3 Å². The van der Waals surface area contributed by atoms with E-state index >= 15 is 0 Å². The van der Waals surface area contributed by atoms with Crippen LogP contribution in [0.15, 0.2) is 53.2 Å². The average Bonchev–Trinajstić information content (AvgIpc) is 3.38. The number of hydrogen-bond donors (Lipinski definition) is 0. The molecule has 132 valence electrons. The first-order valence-corrected chi connectivity index (χ1v) is 9.12. The molecule has 1 aromatic carbocycles. The second-order valence-electron chi connectivity index (χ2n) is 6.95. The van der Waals surface area contributed by atoms with E-state index in [4.69, 9.17) is 14.2 Å². The van der Waals surface area contributed by atoms with Crippen LogP contribution in [0.2, 0.25) is 0 Å². The lowest BCUT2D eigenvalue weighted by Crippen LogP contribution is -2.35. The van der Waals surface area contributed by atoms with Crippen molar-refractivity contribution >= 4 is 0 Å². The monoisotopic (exact) mass is 348 g/mol. The lowest BCUT2D eigenvalue weighted by atomic mass is 9.94. The molecule has 0 unspecified atom stereocenters. The summed E-state index contributed by atoms with van der Waals surface area (Å²) in [5.41, 5.74) is 0.800. The van der Waals surface area contributed by atoms with Crippen molar-refractivity contribution in [2.75, 3.05) is 13.1 Å². The molecule has 0 amide bonds. The van der Waals surface area contributed by atoms with Gasteiger partial charge in [-0.05, 0) is 57.0 Å². The van der Waals surface area contributed by atoms with Gasteiger partial charge < -0.3 is 9.26 Å². The highest BCUT2D eigenvalue weighted by Gasteiger charge is 2.49. The molecule has 2 aromatic heterocycles. The Morgan fingerprint density at radius 2 is 1.81 bits per heavy atom. The lowest BCUT2D eigenvalue weighted by molar-refractivity contribution is 0.143. The van der Waals surface area contributed by atoms with Crippen LogP contribution in [0.4, 0.5) is 0 Å². The number of rotatable bonds is 4. The van der Waals surface area contributed by atoms with Gasteiger partial charge in [-0.1, -0.05) is 23.4 Å². The van der Waals surface area contributed by atoms with Gasteiger partial charge in [-0.25, -0.2) is 4.98 Å². The van der Waals surface area contributed by atoms with Crippen LogP contribution in [0, 0.1) is 0 Å². The zero-order valence-corrected chi connectivity index (χ0v) is 14.5. The van der Waals surface area contributed by atoms with Crippen LogP contribution in [0.3, 0.4) is 0 Å². The van der Waals surface area contributed by atoms with Gasteiger partial charge in [0.2, 0.25) is 17.6 Å². The van der Waals surface area contributed by atoms with Gasteiger partial charge in [-0.3, -0.25) is 4.90 Å². The minimum atomic E-state index is -0.0327. The molecule has 2 fully saturated rings. The fraction of sp³-hybridized carbons (Fsp3) is 0.350. The molecule has 0 aliphatic carbocycles. The van der Waals surface area contributed by atoms with Crippen molar-refractivity contribution in [2.24, 2.45) is 0 Å². The molecule has 0 saturated carbocycles. The molecule has 4 heterocycles. The summed E-state index contributed by atoms with van der Waals surface area (Å²) < 4.78 is 11.4. The number of fused-ring (bicyclic) bond motifs is 1. The van der Waals surface area contributed by atoms with E-state index in [1.54, 1.807) is 6.20 Å². The summed E-state index contributed by atoms with van der Waals surface area (Å²) in [4.78, 5) is 11.6. The van der Waals surface area contributed by atoms with E-state index in [1.807, 2.05) is 42.5 Å².